The summed E-state index contributed by atoms with van der Waals surface area (Å²) in [5, 5.41) is 10.6. The maximum Gasteiger partial charge on any atom is 0.165 e. The molecule has 0 heterocycles. The van der Waals surface area contributed by atoms with E-state index in [0.29, 0.717) is 15.6 Å². The zero-order chi connectivity index (χ0) is 12.3. The smallest absolute Gasteiger partial charge is 0.165 e. The van der Waals surface area contributed by atoms with Crippen molar-refractivity contribution in [3.8, 4) is 0 Å². The van der Waals surface area contributed by atoms with Crippen LogP contribution in [0.25, 0.3) is 0 Å². The summed E-state index contributed by atoms with van der Waals surface area (Å²) in [4.78, 5) is 11.7. The van der Waals surface area contributed by atoms with E-state index in [0.717, 1.165) is 0 Å². The summed E-state index contributed by atoms with van der Waals surface area (Å²) in [5.41, 5.74) is 0.652. The van der Waals surface area contributed by atoms with Crippen LogP contribution in [0.3, 0.4) is 0 Å². The first kappa shape index (κ1) is 13.5. The van der Waals surface area contributed by atoms with Crippen molar-refractivity contribution in [1.82, 2.24) is 0 Å². The summed E-state index contributed by atoms with van der Waals surface area (Å²) < 4.78 is 0. The fourth-order valence-corrected chi connectivity index (χ4v) is 1.72. The van der Waals surface area contributed by atoms with Gasteiger partial charge in [0.05, 0.1) is 0 Å². The maximum atomic E-state index is 11.7. The topological polar surface area (TPSA) is 37.3 Å². The van der Waals surface area contributed by atoms with E-state index in [1.807, 2.05) is 0 Å². The van der Waals surface area contributed by atoms with Crippen molar-refractivity contribution in [2.75, 3.05) is 0 Å². The van der Waals surface area contributed by atoms with E-state index in [4.69, 9.17) is 23.2 Å². The van der Waals surface area contributed by atoms with Crippen LogP contribution in [-0.4, -0.2) is 17.0 Å². The summed E-state index contributed by atoms with van der Waals surface area (Å²) in [6, 6.07) is 4.96. The van der Waals surface area contributed by atoms with Gasteiger partial charge in [0.15, 0.2) is 5.78 Å². The molecule has 0 aliphatic heterocycles. The van der Waals surface area contributed by atoms with Crippen molar-refractivity contribution in [3.63, 3.8) is 0 Å². The van der Waals surface area contributed by atoms with Crippen LogP contribution in [0.5, 0.6) is 0 Å². The number of carbonyl (C=O) groups excluding carboxylic acids is 1. The zero-order valence-electron chi connectivity index (χ0n) is 9.21. The molecule has 88 valence electrons. The Morgan fingerprint density at radius 2 is 2.00 bits per heavy atom. The molecular weight excluding hydrogens is 247 g/mol. The Balaban J connectivity index is 2.80. The fraction of sp³-hybridized carbons (Fsp3) is 0.417. The van der Waals surface area contributed by atoms with Gasteiger partial charge in [0, 0.05) is 16.5 Å². The molecule has 0 saturated carbocycles. The quantitative estimate of drug-likeness (QED) is 0.904. The summed E-state index contributed by atoms with van der Waals surface area (Å²) >= 11 is 11.7. The minimum Gasteiger partial charge on any atom is -0.385 e. The van der Waals surface area contributed by atoms with Gasteiger partial charge in [0.1, 0.15) is 6.10 Å². The Bertz CT molecular complexity index is 389. The monoisotopic (exact) mass is 260 g/mol. The van der Waals surface area contributed by atoms with E-state index in [-0.39, 0.29) is 18.1 Å². The Kier molecular flexibility index (Phi) is 4.78. The number of halogens is 2. The molecule has 1 aromatic carbocycles. The van der Waals surface area contributed by atoms with Crippen molar-refractivity contribution < 1.29 is 9.90 Å². The first-order valence-electron chi connectivity index (χ1n) is 5.06. The number of aliphatic hydroxyl groups excluding tert-OH is 1. The number of Topliss-reactive ketones (excluding diaryl/α,β-unsaturated/α-hetero) is 1. The fourth-order valence-electron chi connectivity index (χ4n) is 1.34. The van der Waals surface area contributed by atoms with E-state index < -0.39 is 6.10 Å². The Morgan fingerprint density at radius 3 is 2.56 bits per heavy atom. The van der Waals surface area contributed by atoms with Gasteiger partial charge >= 0.3 is 0 Å². The van der Waals surface area contributed by atoms with Crippen LogP contribution in [0.2, 0.25) is 10.0 Å². The molecule has 1 unspecified atom stereocenters. The number of benzene rings is 1. The van der Waals surface area contributed by atoms with Gasteiger partial charge in [0.2, 0.25) is 0 Å². The highest BCUT2D eigenvalue weighted by Gasteiger charge is 2.19. The van der Waals surface area contributed by atoms with Crippen molar-refractivity contribution in [1.29, 1.82) is 0 Å². The van der Waals surface area contributed by atoms with Crippen LogP contribution in [0, 0.1) is 5.92 Å². The predicted octanol–water partition coefficient (Wildman–Crippen LogP) is 3.12. The number of carbonyl (C=O) groups is 1. The van der Waals surface area contributed by atoms with Crippen molar-refractivity contribution in [3.05, 3.63) is 33.8 Å². The molecule has 4 heteroatoms. The standard InChI is InChI=1S/C12H14Cl2O2/c1-7(2)12(16)11(15)6-8-5-9(13)3-4-10(8)14/h3-5,7,12,16H,6H2,1-2H3. The van der Waals surface area contributed by atoms with Gasteiger partial charge in [-0.1, -0.05) is 37.0 Å². The van der Waals surface area contributed by atoms with E-state index in [9.17, 15) is 9.90 Å². The third kappa shape index (κ3) is 3.48. The highest BCUT2D eigenvalue weighted by Crippen LogP contribution is 2.22. The largest absolute Gasteiger partial charge is 0.385 e. The molecule has 0 spiro atoms. The Morgan fingerprint density at radius 1 is 1.38 bits per heavy atom. The van der Waals surface area contributed by atoms with Gasteiger partial charge in [-0.2, -0.15) is 0 Å². The summed E-state index contributed by atoms with van der Waals surface area (Å²) in [5.74, 6) is -0.329. The normalized spacial score (nSPS) is 12.9. The number of rotatable bonds is 4. The SMILES string of the molecule is CC(C)C(O)C(=O)Cc1cc(Cl)ccc1Cl. The van der Waals surface area contributed by atoms with E-state index in [2.05, 4.69) is 0 Å². The lowest BCUT2D eigenvalue weighted by atomic mass is 9.98. The average molecular weight is 261 g/mol. The van der Waals surface area contributed by atoms with Gasteiger partial charge in [-0.3, -0.25) is 4.79 Å². The highest BCUT2D eigenvalue weighted by molar-refractivity contribution is 6.33. The van der Waals surface area contributed by atoms with E-state index in [1.165, 1.54) is 0 Å². The second kappa shape index (κ2) is 5.67. The molecule has 1 aromatic rings. The summed E-state index contributed by atoms with van der Waals surface area (Å²) in [6.07, 6.45) is -0.839. The zero-order valence-corrected chi connectivity index (χ0v) is 10.7. The number of hydrogen-bond acceptors (Lipinski definition) is 2. The summed E-state index contributed by atoms with van der Waals surface area (Å²) in [7, 11) is 0. The minimum atomic E-state index is -0.949. The van der Waals surface area contributed by atoms with Gasteiger partial charge in [-0.15, -0.1) is 0 Å². The third-order valence-electron chi connectivity index (χ3n) is 2.33. The lowest BCUT2D eigenvalue weighted by molar-refractivity contribution is -0.128. The molecule has 0 aliphatic carbocycles. The number of aliphatic hydroxyl groups is 1. The first-order chi connectivity index (χ1) is 7.41. The maximum absolute atomic E-state index is 11.7. The van der Waals surface area contributed by atoms with Gasteiger partial charge in [-0.05, 0) is 29.7 Å². The van der Waals surface area contributed by atoms with E-state index in [1.54, 1.807) is 32.0 Å². The molecule has 0 radical (unpaired) electrons. The molecule has 1 atom stereocenters. The third-order valence-corrected chi connectivity index (χ3v) is 2.94. The van der Waals surface area contributed by atoms with Crippen LogP contribution >= 0.6 is 23.2 Å². The molecular formula is C12H14Cl2O2. The van der Waals surface area contributed by atoms with Crippen LogP contribution in [0.15, 0.2) is 18.2 Å². The van der Waals surface area contributed by atoms with Crippen molar-refractivity contribution >= 4 is 29.0 Å². The molecule has 1 rings (SSSR count). The number of hydrogen-bond donors (Lipinski definition) is 1. The molecule has 16 heavy (non-hydrogen) atoms. The Hall–Kier alpha value is -0.570. The molecule has 0 amide bonds. The van der Waals surface area contributed by atoms with Crippen LogP contribution in [0.4, 0.5) is 0 Å². The number of ketones is 1. The van der Waals surface area contributed by atoms with Crippen LogP contribution in [-0.2, 0) is 11.2 Å². The second-order valence-corrected chi connectivity index (χ2v) is 4.91. The molecule has 0 fully saturated rings. The molecule has 0 saturated heterocycles. The van der Waals surface area contributed by atoms with Crippen molar-refractivity contribution in [2.24, 2.45) is 5.92 Å². The molecule has 1 N–H and O–H groups in total. The van der Waals surface area contributed by atoms with Crippen LogP contribution in [0.1, 0.15) is 19.4 Å². The molecule has 2 nitrogen and oxygen atoms in total. The average Bonchev–Trinajstić information content (AvgIpc) is 2.22. The molecule has 0 bridgehead atoms. The van der Waals surface area contributed by atoms with Gasteiger partial charge in [-0.25, -0.2) is 0 Å². The molecule has 0 aliphatic rings. The van der Waals surface area contributed by atoms with E-state index >= 15 is 0 Å². The summed E-state index contributed by atoms with van der Waals surface area (Å²) in [6.45, 7) is 3.59. The predicted molar refractivity (Wildman–Crippen MR) is 66.0 cm³/mol. The first-order valence-corrected chi connectivity index (χ1v) is 5.82. The van der Waals surface area contributed by atoms with Crippen LogP contribution < -0.4 is 0 Å². The van der Waals surface area contributed by atoms with Gasteiger partial charge < -0.3 is 5.11 Å². The minimum absolute atomic E-state index is 0.0922. The highest BCUT2D eigenvalue weighted by atomic mass is 35.5. The van der Waals surface area contributed by atoms with Gasteiger partial charge in [0.25, 0.3) is 0 Å². The second-order valence-electron chi connectivity index (χ2n) is 4.07. The lowest BCUT2D eigenvalue weighted by Crippen LogP contribution is -2.27. The lowest BCUT2D eigenvalue weighted by Gasteiger charge is -2.13. The molecule has 0 aromatic heterocycles. The van der Waals surface area contributed by atoms with Crippen molar-refractivity contribution in [2.45, 2.75) is 26.4 Å². The Labute approximate surface area is 105 Å².